The number of nitrogen functional groups attached to an aromatic ring is 1. The van der Waals surface area contributed by atoms with Crippen molar-refractivity contribution >= 4 is 34.4 Å². The van der Waals surface area contributed by atoms with E-state index in [1.165, 1.54) is 6.20 Å². The zero-order chi connectivity index (χ0) is 11.5. The Bertz CT molecular complexity index is 473. The number of thiazole rings is 1. The molecule has 0 amide bonds. The van der Waals surface area contributed by atoms with Crippen molar-refractivity contribution in [2.75, 3.05) is 17.7 Å². The van der Waals surface area contributed by atoms with Gasteiger partial charge in [0.2, 0.25) is 5.28 Å². The van der Waals surface area contributed by atoms with Crippen LogP contribution in [0.5, 0.6) is 0 Å². The number of aromatic nitrogens is 3. The van der Waals surface area contributed by atoms with Crippen molar-refractivity contribution in [2.45, 2.75) is 6.54 Å². The quantitative estimate of drug-likeness (QED) is 0.847. The van der Waals surface area contributed by atoms with Crippen LogP contribution in [0.2, 0.25) is 5.28 Å². The highest BCUT2D eigenvalue weighted by Crippen LogP contribution is 2.21. The van der Waals surface area contributed by atoms with Crippen molar-refractivity contribution in [3.63, 3.8) is 0 Å². The molecule has 0 aliphatic carbocycles. The number of nitrogens with two attached hydrogens (primary N) is 1. The number of hydrogen-bond acceptors (Lipinski definition) is 6. The summed E-state index contributed by atoms with van der Waals surface area (Å²) in [5, 5.41) is 2.17. The molecule has 16 heavy (non-hydrogen) atoms. The largest absolute Gasteiger partial charge is 0.394 e. The van der Waals surface area contributed by atoms with Crippen LogP contribution in [0.25, 0.3) is 0 Å². The number of halogens is 1. The molecule has 0 aliphatic heterocycles. The van der Waals surface area contributed by atoms with Crippen molar-refractivity contribution in [3.8, 4) is 0 Å². The van der Waals surface area contributed by atoms with Gasteiger partial charge < -0.3 is 10.6 Å². The summed E-state index contributed by atoms with van der Waals surface area (Å²) in [5.41, 5.74) is 9.04. The van der Waals surface area contributed by atoms with Gasteiger partial charge >= 0.3 is 0 Å². The first-order valence-corrected chi connectivity index (χ1v) is 5.85. The van der Waals surface area contributed by atoms with Crippen molar-refractivity contribution in [1.29, 1.82) is 0 Å². The van der Waals surface area contributed by atoms with Crippen molar-refractivity contribution in [3.05, 3.63) is 28.1 Å². The molecule has 7 heteroatoms. The summed E-state index contributed by atoms with van der Waals surface area (Å²) in [4.78, 5) is 14.0. The molecular weight excluding hydrogens is 246 g/mol. The molecule has 0 saturated heterocycles. The van der Waals surface area contributed by atoms with Gasteiger partial charge in [-0.3, -0.25) is 0 Å². The molecule has 0 aromatic carbocycles. The number of nitrogens with zero attached hydrogens (tertiary/aromatic N) is 4. The van der Waals surface area contributed by atoms with E-state index in [1.807, 2.05) is 17.3 Å². The fourth-order valence-electron chi connectivity index (χ4n) is 1.30. The van der Waals surface area contributed by atoms with E-state index in [9.17, 15) is 0 Å². The van der Waals surface area contributed by atoms with Gasteiger partial charge in [-0.2, -0.15) is 4.98 Å². The van der Waals surface area contributed by atoms with E-state index in [0.29, 0.717) is 18.1 Å². The standard InChI is InChI=1S/C9H10ClN5S/c1-15(3-6-4-16-5-13-6)8-7(11)2-12-9(10)14-8/h2,4-5H,3,11H2,1H3. The summed E-state index contributed by atoms with van der Waals surface area (Å²) in [7, 11) is 1.88. The summed E-state index contributed by atoms with van der Waals surface area (Å²) >= 11 is 7.28. The van der Waals surface area contributed by atoms with Crippen LogP contribution in [0.15, 0.2) is 17.1 Å². The molecule has 2 N–H and O–H groups in total. The number of rotatable bonds is 3. The SMILES string of the molecule is CN(Cc1cscn1)c1nc(Cl)ncc1N. The van der Waals surface area contributed by atoms with Gasteiger partial charge in [-0.25, -0.2) is 9.97 Å². The van der Waals surface area contributed by atoms with E-state index < -0.39 is 0 Å². The van der Waals surface area contributed by atoms with Gasteiger partial charge in [-0.1, -0.05) is 0 Å². The molecule has 0 aliphatic rings. The first-order chi connectivity index (χ1) is 7.66. The zero-order valence-electron chi connectivity index (χ0n) is 8.59. The summed E-state index contributed by atoms with van der Waals surface area (Å²) in [6.07, 6.45) is 1.50. The van der Waals surface area contributed by atoms with E-state index in [2.05, 4.69) is 15.0 Å². The minimum atomic E-state index is 0.189. The summed E-state index contributed by atoms with van der Waals surface area (Å²) in [6.45, 7) is 0.640. The average molecular weight is 256 g/mol. The van der Waals surface area contributed by atoms with E-state index in [-0.39, 0.29) is 5.28 Å². The van der Waals surface area contributed by atoms with Gasteiger partial charge in [0, 0.05) is 12.4 Å². The van der Waals surface area contributed by atoms with Gasteiger partial charge in [0.15, 0.2) is 5.82 Å². The Hall–Kier alpha value is -1.40. The van der Waals surface area contributed by atoms with Gasteiger partial charge in [0.25, 0.3) is 0 Å². The highest BCUT2D eigenvalue weighted by Gasteiger charge is 2.10. The van der Waals surface area contributed by atoms with Crippen LogP contribution < -0.4 is 10.6 Å². The molecule has 84 valence electrons. The van der Waals surface area contributed by atoms with Crippen molar-refractivity contribution < 1.29 is 0 Å². The van der Waals surface area contributed by atoms with Crippen LogP contribution in [0.3, 0.4) is 0 Å². The van der Waals surface area contributed by atoms with Gasteiger partial charge in [-0.05, 0) is 11.6 Å². The van der Waals surface area contributed by atoms with Gasteiger partial charge in [-0.15, -0.1) is 11.3 Å². The van der Waals surface area contributed by atoms with E-state index in [4.69, 9.17) is 17.3 Å². The molecule has 0 fully saturated rings. The molecule has 0 bridgehead atoms. The maximum Gasteiger partial charge on any atom is 0.224 e. The number of hydrogen-bond donors (Lipinski definition) is 1. The van der Waals surface area contributed by atoms with Crippen molar-refractivity contribution in [2.24, 2.45) is 0 Å². The molecule has 2 aromatic rings. The predicted octanol–water partition coefficient (Wildman–Crippen LogP) is 1.81. The minimum absolute atomic E-state index is 0.189. The van der Waals surface area contributed by atoms with E-state index in [0.717, 1.165) is 5.69 Å². The van der Waals surface area contributed by atoms with Crippen LogP contribution in [0.4, 0.5) is 11.5 Å². The fourth-order valence-corrected chi connectivity index (χ4v) is 1.98. The minimum Gasteiger partial charge on any atom is -0.394 e. The first kappa shape index (κ1) is 11.1. The van der Waals surface area contributed by atoms with E-state index in [1.54, 1.807) is 16.8 Å². The third-order valence-corrected chi connectivity index (χ3v) is 2.83. The highest BCUT2D eigenvalue weighted by molar-refractivity contribution is 7.07. The summed E-state index contributed by atoms with van der Waals surface area (Å²) < 4.78 is 0. The average Bonchev–Trinajstić information content (AvgIpc) is 2.74. The molecule has 5 nitrogen and oxygen atoms in total. The Morgan fingerprint density at radius 3 is 3.00 bits per heavy atom. The topological polar surface area (TPSA) is 67.9 Å². The molecule has 0 atom stereocenters. The van der Waals surface area contributed by atoms with Gasteiger partial charge in [0.05, 0.1) is 29.6 Å². The first-order valence-electron chi connectivity index (χ1n) is 4.53. The fraction of sp³-hybridized carbons (Fsp3) is 0.222. The second kappa shape index (κ2) is 4.63. The lowest BCUT2D eigenvalue weighted by molar-refractivity contribution is 0.871. The Kier molecular flexibility index (Phi) is 3.21. The van der Waals surface area contributed by atoms with Crippen LogP contribution in [0, 0.1) is 0 Å². The molecular formula is C9H10ClN5S. The third kappa shape index (κ3) is 2.40. The van der Waals surface area contributed by atoms with Crippen LogP contribution in [0.1, 0.15) is 5.69 Å². The Morgan fingerprint density at radius 2 is 2.31 bits per heavy atom. The lowest BCUT2D eigenvalue weighted by Crippen LogP contribution is -2.19. The third-order valence-electron chi connectivity index (χ3n) is 2.01. The molecule has 0 radical (unpaired) electrons. The molecule has 2 heterocycles. The normalized spacial score (nSPS) is 10.4. The second-order valence-corrected chi connectivity index (χ2v) is 4.31. The van der Waals surface area contributed by atoms with Crippen LogP contribution >= 0.6 is 22.9 Å². The maximum absolute atomic E-state index is 5.78. The molecule has 2 rings (SSSR count). The lowest BCUT2D eigenvalue weighted by Gasteiger charge is -2.18. The monoisotopic (exact) mass is 255 g/mol. The molecule has 0 spiro atoms. The summed E-state index contributed by atoms with van der Waals surface area (Å²) in [5.74, 6) is 0.619. The highest BCUT2D eigenvalue weighted by atomic mass is 35.5. The summed E-state index contributed by atoms with van der Waals surface area (Å²) in [6, 6.07) is 0. The van der Waals surface area contributed by atoms with Crippen molar-refractivity contribution in [1.82, 2.24) is 15.0 Å². The maximum atomic E-state index is 5.78. The Labute approximate surface area is 102 Å². The second-order valence-electron chi connectivity index (χ2n) is 3.25. The number of anilines is 2. The zero-order valence-corrected chi connectivity index (χ0v) is 10.2. The molecule has 0 saturated carbocycles. The van der Waals surface area contributed by atoms with Crippen LogP contribution in [-0.2, 0) is 6.54 Å². The lowest BCUT2D eigenvalue weighted by atomic mass is 10.4. The Morgan fingerprint density at radius 1 is 1.50 bits per heavy atom. The van der Waals surface area contributed by atoms with Gasteiger partial charge in [0.1, 0.15) is 0 Å². The smallest absolute Gasteiger partial charge is 0.224 e. The van der Waals surface area contributed by atoms with Crippen LogP contribution in [-0.4, -0.2) is 22.0 Å². The van der Waals surface area contributed by atoms with E-state index >= 15 is 0 Å². The Balaban J connectivity index is 2.20. The molecule has 0 unspecified atom stereocenters. The predicted molar refractivity (Wildman–Crippen MR) is 65.7 cm³/mol. The molecule has 2 aromatic heterocycles.